The summed E-state index contributed by atoms with van der Waals surface area (Å²) in [4.78, 5) is 0. The Bertz CT molecular complexity index is 3310. The van der Waals surface area contributed by atoms with Gasteiger partial charge in [0, 0.05) is 18.3 Å². The monoisotopic (exact) mass is 1270 g/mol. The fourth-order valence-electron chi connectivity index (χ4n) is 8.01. The van der Waals surface area contributed by atoms with Gasteiger partial charge in [0.05, 0.1) is 5.69 Å². The predicted octanol–water partition coefficient (Wildman–Crippen LogP) is 11.0. The van der Waals surface area contributed by atoms with Crippen molar-refractivity contribution in [2.24, 2.45) is 0 Å². The summed E-state index contributed by atoms with van der Waals surface area (Å²) in [5.41, 5.74) is 6.80. The lowest BCUT2D eigenvalue weighted by Crippen LogP contribution is -2.60. The molecule has 2 aliphatic rings. The summed E-state index contributed by atoms with van der Waals surface area (Å²) < 4.78 is 403. The third-order valence-electron chi connectivity index (χ3n) is 11.9. The Labute approximate surface area is 453 Å². The molecular weight excluding hydrogens is 1260 g/mol. The van der Waals surface area contributed by atoms with Crippen LogP contribution in [0.4, 0.5) is 137 Å². The molecule has 0 fully saturated rings. The van der Waals surface area contributed by atoms with Gasteiger partial charge in [0.2, 0.25) is 0 Å². The van der Waals surface area contributed by atoms with E-state index < -0.39 is 229 Å². The number of anilines is 1. The maximum atomic E-state index is 14.4. The highest BCUT2D eigenvalue weighted by Gasteiger charge is 2.49. The predicted molar refractivity (Wildman–Crippen MR) is 230 cm³/mol. The zero-order chi connectivity index (χ0) is 62.9. The van der Waals surface area contributed by atoms with Crippen molar-refractivity contribution in [1.29, 1.82) is 0 Å². The molecule has 0 amide bonds. The lowest BCUT2D eigenvalue weighted by Gasteiger charge is -2.27. The SMILES string of the molecule is Fc1c(F)c(F)[c]([Al]([c]2c(F)c(F)c(F)c(F)c2F)[c]2c(F)c(F)c(F)c(F)c2F)c(F)c1F.Fc1c(F)c(F)[c]([Al]([c]2c(F)c(F)c(F)c(F)c2F)[c]2c(F)c(F)c(F)c(F)c2F)c(F)c1F.Oc1ccc(N2C=CC3=C(CC=C3)N2)cc1. The third kappa shape index (κ3) is 10.6. The van der Waals surface area contributed by atoms with Crippen LogP contribution in [0.3, 0.4) is 0 Å². The summed E-state index contributed by atoms with van der Waals surface area (Å²) in [6, 6.07) is 7.12. The van der Waals surface area contributed by atoms with Gasteiger partial charge in [-0.2, -0.15) is 0 Å². The number of phenolic OH excluding ortho intramolecular Hbond substituents is 1. The fourth-order valence-corrected chi connectivity index (χ4v) is 14.3. The first-order chi connectivity index (χ1) is 39.1. The lowest BCUT2D eigenvalue weighted by molar-refractivity contribution is 0.380. The molecule has 0 bridgehead atoms. The van der Waals surface area contributed by atoms with E-state index in [-0.39, 0.29) is 5.75 Å². The summed E-state index contributed by atoms with van der Waals surface area (Å²) in [6.45, 7) is 0. The Morgan fingerprint density at radius 1 is 0.286 bits per heavy atom. The number of allylic oxidation sites excluding steroid dienone is 4. The lowest BCUT2D eigenvalue weighted by atomic mass is 10.2. The molecule has 440 valence electrons. The van der Waals surface area contributed by atoms with E-state index >= 15 is 0 Å². The zero-order valence-corrected chi connectivity index (χ0v) is 41.5. The molecule has 0 spiro atoms. The second kappa shape index (κ2) is 24.0. The molecule has 0 saturated heterocycles. The van der Waals surface area contributed by atoms with Crippen molar-refractivity contribution in [2.45, 2.75) is 6.42 Å². The first-order valence-electron chi connectivity index (χ1n) is 21.7. The Morgan fingerprint density at radius 3 is 0.702 bits per heavy atom. The number of benzene rings is 7. The Balaban J connectivity index is 0.000000192. The second-order valence-electron chi connectivity index (χ2n) is 16.6. The summed E-state index contributed by atoms with van der Waals surface area (Å²) in [5.74, 6) is -88.9. The average Bonchev–Trinajstić information content (AvgIpc) is 3.27. The topological polar surface area (TPSA) is 35.5 Å². The van der Waals surface area contributed by atoms with Crippen LogP contribution < -0.4 is 37.0 Å². The molecule has 0 unspecified atom stereocenters. The smallest absolute Gasteiger partial charge is 0.413 e. The van der Waals surface area contributed by atoms with Gasteiger partial charge < -0.3 is 5.11 Å². The largest absolute Gasteiger partial charge is 0.508 e. The van der Waals surface area contributed by atoms with Crippen molar-refractivity contribution >= 4 is 60.5 Å². The number of hydrogen-bond acceptors (Lipinski definition) is 3. The number of halogens is 30. The molecule has 1 aliphatic heterocycles. The van der Waals surface area contributed by atoms with Crippen LogP contribution in [0, 0.1) is 175 Å². The minimum Gasteiger partial charge on any atom is -0.508 e. The molecule has 35 heteroatoms. The maximum absolute atomic E-state index is 14.4. The van der Waals surface area contributed by atoms with Gasteiger partial charge in [-0.1, -0.05) is 12.2 Å². The van der Waals surface area contributed by atoms with Gasteiger partial charge in [-0.25, -0.2) is 132 Å². The van der Waals surface area contributed by atoms with Gasteiger partial charge in [-0.15, -0.1) is 0 Å². The third-order valence-corrected chi connectivity index (χ3v) is 18.5. The number of rotatable bonds is 7. The van der Waals surface area contributed by atoms with E-state index in [2.05, 4.69) is 23.7 Å². The highest BCUT2D eigenvalue weighted by Crippen LogP contribution is 2.29. The van der Waals surface area contributed by atoms with Crippen LogP contribution in [0.1, 0.15) is 6.42 Å². The molecule has 1 heterocycles. The molecule has 2 N–H and O–H groups in total. The van der Waals surface area contributed by atoms with Crippen molar-refractivity contribution in [2.75, 3.05) is 5.01 Å². The number of hydrogen-bond donors (Lipinski definition) is 2. The first-order valence-corrected chi connectivity index (χ1v) is 25.1. The molecule has 7 aromatic rings. The van der Waals surface area contributed by atoms with Crippen molar-refractivity contribution in [3.63, 3.8) is 0 Å². The second-order valence-corrected chi connectivity index (χ2v) is 21.8. The molecular formula is C49H12Al2F30N2O. The molecule has 0 atom stereocenters. The van der Waals surface area contributed by atoms with Crippen LogP contribution in [0.25, 0.3) is 0 Å². The maximum Gasteiger partial charge on any atom is 0.413 e. The summed E-state index contributed by atoms with van der Waals surface area (Å²) >= 11 is -11.9. The minimum atomic E-state index is -5.96. The van der Waals surface area contributed by atoms with Crippen molar-refractivity contribution in [3.05, 3.63) is 234 Å². The summed E-state index contributed by atoms with van der Waals surface area (Å²) in [7, 11) is 0. The van der Waals surface area contributed by atoms with Crippen LogP contribution in [0.5, 0.6) is 5.75 Å². The van der Waals surface area contributed by atoms with Gasteiger partial charge in [0.25, 0.3) is 0 Å². The van der Waals surface area contributed by atoms with Gasteiger partial charge in [-0.3, -0.25) is 10.4 Å². The van der Waals surface area contributed by atoms with Crippen LogP contribution in [0.15, 0.2) is 60.0 Å². The van der Waals surface area contributed by atoms with E-state index in [1.165, 1.54) is 11.3 Å². The Kier molecular flexibility index (Phi) is 18.2. The molecule has 0 saturated carbocycles. The van der Waals surface area contributed by atoms with Crippen molar-refractivity contribution in [1.82, 2.24) is 5.43 Å². The summed E-state index contributed by atoms with van der Waals surface area (Å²) in [5, 5.41) is 11.2. The number of nitrogens with one attached hydrogen (secondary N) is 1. The van der Waals surface area contributed by atoms with Crippen molar-refractivity contribution < 1.29 is 137 Å². The van der Waals surface area contributed by atoms with E-state index in [1.54, 1.807) is 12.1 Å². The molecule has 0 aromatic heterocycles. The van der Waals surface area contributed by atoms with E-state index in [0.717, 1.165) is 12.1 Å². The summed E-state index contributed by atoms with van der Waals surface area (Å²) in [6.07, 6.45) is 9.28. The van der Waals surface area contributed by atoms with Crippen molar-refractivity contribution in [3.8, 4) is 5.75 Å². The molecule has 7 aromatic carbocycles. The van der Waals surface area contributed by atoms with Crippen LogP contribution >= 0.6 is 0 Å². The van der Waals surface area contributed by atoms with Gasteiger partial charge >= 0.3 is 28.3 Å². The number of hydrazine groups is 1. The molecule has 84 heavy (non-hydrogen) atoms. The van der Waals surface area contributed by atoms with Crippen LogP contribution in [-0.2, 0) is 0 Å². The standard InChI is InChI=1S/C13H12N2O.6C6F5.2Al/c16-12-6-4-11(5-7-12)15-9-8-10-2-1-3-13(10)14-15;6*7-2-1-3(8)5(10)6(11)4(2)9;;/h1-2,4-9,14,16H,3H2;;;;;;;;. The highest BCUT2D eigenvalue weighted by molar-refractivity contribution is 6.96. The molecule has 9 rings (SSSR count). The van der Waals surface area contributed by atoms with Gasteiger partial charge in [-0.05, 0) is 62.5 Å². The van der Waals surface area contributed by atoms with Crippen LogP contribution in [-0.4, -0.2) is 33.4 Å². The van der Waals surface area contributed by atoms with E-state index in [9.17, 15) is 137 Å². The molecule has 0 radical (unpaired) electrons. The van der Waals surface area contributed by atoms with E-state index in [1.807, 2.05) is 23.3 Å². The first kappa shape index (κ1) is 63.7. The highest BCUT2D eigenvalue weighted by atomic mass is 27.2. The molecule has 1 aliphatic carbocycles. The fraction of sp³-hybridized carbons (Fsp3) is 0.0204. The van der Waals surface area contributed by atoms with E-state index in [4.69, 9.17) is 0 Å². The Morgan fingerprint density at radius 2 is 0.488 bits per heavy atom. The number of phenols is 1. The van der Waals surface area contributed by atoms with E-state index in [0.29, 0.717) is 0 Å². The minimum absolute atomic E-state index is 0.284. The van der Waals surface area contributed by atoms with Gasteiger partial charge in [0.15, 0.2) is 175 Å². The number of aromatic hydroxyl groups is 1. The quantitative estimate of drug-likeness (QED) is 0.0723. The average molecular weight is 1270 g/mol. The zero-order valence-electron chi connectivity index (χ0n) is 39.2. The van der Waals surface area contributed by atoms with Gasteiger partial charge in [0.1, 0.15) is 5.75 Å². The number of nitrogens with zero attached hydrogens (tertiary/aromatic N) is 1. The van der Waals surface area contributed by atoms with Crippen LogP contribution in [0.2, 0.25) is 0 Å². The normalized spacial score (nSPS) is 12.6. The molecule has 3 nitrogen and oxygen atoms in total. The Hall–Kier alpha value is -7.88.